The third kappa shape index (κ3) is 5.36. The lowest BCUT2D eigenvalue weighted by Crippen LogP contribution is -2.43. The van der Waals surface area contributed by atoms with Crippen LogP contribution < -0.4 is 14.8 Å². The molecule has 0 bridgehead atoms. The van der Waals surface area contributed by atoms with Crippen LogP contribution in [0.25, 0.3) is 11.3 Å². The first-order chi connectivity index (χ1) is 16.6. The van der Waals surface area contributed by atoms with E-state index in [1.165, 1.54) is 0 Å². The van der Waals surface area contributed by atoms with Crippen LogP contribution in [0.2, 0.25) is 0 Å². The number of piperidine rings is 1. The van der Waals surface area contributed by atoms with Crippen LogP contribution in [0.4, 0.5) is 0 Å². The number of nitrogens with zero attached hydrogens (tertiary/aromatic N) is 2. The summed E-state index contributed by atoms with van der Waals surface area (Å²) in [7, 11) is 3.20. The molecule has 2 heterocycles. The quantitative estimate of drug-likeness (QED) is 0.579. The smallest absolute Gasteiger partial charge is 0.253 e. The van der Waals surface area contributed by atoms with Crippen LogP contribution in [-0.2, 0) is 11.3 Å². The molecule has 1 aliphatic rings. The van der Waals surface area contributed by atoms with E-state index in [4.69, 9.17) is 9.47 Å². The van der Waals surface area contributed by atoms with Crippen LogP contribution in [0.1, 0.15) is 28.8 Å². The van der Waals surface area contributed by atoms with Crippen molar-refractivity contribution in [3.63, 3.8) is 0 Å². The first-order valence-electron chi connectivity index (χ1n) is 11.4. The van der Waals surface area contributed by atoms with Crippen molar-refractivity contribution >= 4 is 11.8 Å². The van der Waals surface area contributed by atoms with Crippen LogP contribution in [0.5, 0.6) is 11.5 Å². The molecule has 4 rings (SSSR count). The number of carbonyl (C=O) groups is 2. The number of amides is 2. The molecule has 0 spiro atoms. The summed E-state index contributed by atoms with van der Waals surface area (Å²) in [4.78, 5) is 32.0. The summed E-state index contributed by atoms with van der Waals surface area (Å²) in [6, 6.07) is 18.9. The van der Waals surface area contributed by atoms with E-state index < -0.39 is 0 Å². The average Bonchev–Trinajstić information content (AvgIpc) is 2.91. The van der Waals surface area contributed by atoms with Gasteiger partial charge in [-0.15, -0.1) is 0 Å². The SMILES string of the molecule is COc1ccc(CNC(=O)C2CCN(C(=O)c3ccnc(-c4ccccc4)c3)CC2)c(OC)c1. The highest BCUT2D eigenvalue weighted by atomic mass is 16.5. The summed E-state index contributed by atoms with van der Waals surface area (Å²) in [5.41, 5.74) is 3.25. The first kappa shape index (κ1) is 23.3. The van der Waals surface area contributed by atoms with Gasteiger partial charge < -0.3 is 19.7 Å². The van der Waals surface area contributed by atoms with E-state index >= 15 is 0 Å². The van der Waals surface area contributed by atoms with Crippen LogP contribution in [0, 0.1) is 5.92 Å². The van der Waals surface area contributed by atoms with E-state index in [2.05, 4.69) is 10.3 Å². The number of pyridine rings is 1. The molecule has 176 valence electrons. The number of methoxy groups -OCH3 is 2. The molecule has 34 heavy (non-hydrogen) atoms. The fourth-order valence-electron chi connectivity index (χ4n) is 4.18. The standard InChI is InChI=1S/C27H29N3O4/c1-33-23-9-8-22(25(17-23)34-2)18-29-26(31)20-11-14-30(15-12-20)27(32)21-10-13-28-24(16-21)19-6-4-3-5-7-19/h3-10,13,16-17,20H,11-12,14-15,18H2,1-2H3,(H,29,31). The second-order valence-corrected chi connectivity index (χ2v) is 8.26. The maximum absolute atomic E-state index is 13.1. The van der Waals surface area contributed by atoms with Crippen molar-refractivity contribution in [1.29, 1.82) is 0 Å². The molecule has 0 saturated carbocycles. The molecule has 3 aromatic rings. The Morgan fingerprint density at radius 2 is 1.76 bits per heavy atom. The molecule has 7 nitrogen and oxygen atoms in total. The molecule has 1 aliphatic heterocycles. The van der Waals surface area contributed by atoms with Gasteiger partial charge in [-0.2, -0.15) is 0 Å². The Morgan fingerprint density at radius 3 is 2.47 bits per heavy atom. The lowest BCUT2D eigenvalue weighted by Gasteiger charge is -2.31. The third-order valence-electron chi connectivity index (χ3n) is 6.18. The van der Waals surface area contributed by atoms with Gasteiger partial charge in [-0.3, -0.25) is 14.6 Å². The van der Waals surface area contributed by atoms with Crippen molar-refractivity contribution in [2.24, 2.45) is 5.92 Å². The summed E-state index contributed by atoms with van der Waals surface area (Å²) in [5, 5.41) is 3.01. The Hall–Kier alpha value is -3.87. The summed E-state index contributed by atoms with van der Waals surface area (Å²) in [6.45, 7) is 1.47. The van der Waals surface area contributed by atoms with Gasteiger partial charge in [0, 0.05) is 54.5 Å². The van der Waals surface area contributed by atoms with E-state index in [1.807, 2.05) is 53.4 Å². The maximum Gasteiger partial charge on any atom is 0.253 e. The number of hydrogen-bond acceptors (Lipinski definition) is 5. The summed E-state index contributed by atoms with van der Waals surface area (Å²) in [6.07, 6.45) is 2.94. The van der Waals surface area contributed by atoms with Gasteiger partial charge in [-0.05, 0) is 37.1 Å². The number of likely N-dealkylation sites (tertiary alicyclic amines) is 1. The van der Waals surface area contributed by atoms with Crippen molar-refractivity contribution in [1.82, 2.24) is 15.2 Å². The van der Waals surface area contributed by atoms with Crippen molar-refractivity contribution in [2.75, 3.05) is 27.3 Å². The number of benzene rings is 2. The highest BCUT2D eigenvalue weighted by molar-refractivity contribution is 5.95. The Kier molecular flexibility index (Phi) is 7.42. The molecular formula is C27H29N3O4. The topological polar surface area (TPSA) is 80.8 Å². The third-order valence-corrected chi connectivity index (χ3v) is 6.18. The molecular weight excluding hydrogens is 430 g/mol. The lowest BCUT2D eigenvalue weighted by molar-refractivity contribution is -0.126. The van der Waals surface area contributed by atoms with Crippen molar-refractivity contribution < 1.29 is 19.1 Å². The van der Waals surface area contributed by atoms with Gasteiger partial charge in [0.15, 0.2) is 0 Å². The molecule has 1 saturated heterocycles. The van der Waals surface area contributed by atoms with Gasteiger partial charge in [-0.25, -0.2) is 0 Å². The summed E-state index contributed by atoms with van der Waals surface area (Å²) >= 11 is 0. The average molecular weight is 460 g/mol. The van der Waals surface area contributed by atoms with Crippen molar-refractivity contribution in [2.45, 2.75) is 19.4 Å². The molecule has 2 amide bonds. The monoisotopic (exact) mass is 459 g/mol. The van der Waals surface area contributed by atoms with Crippen molar-refractivity contribution in [3.8, 4) is 22.8 Å². The van der Waals surface area contributed by atoms with Crippen LogP contribution in [0.15, 0.2) is 66.9 Å². The maximum atomic E-state index is 13.1. The molecule has 1 aromatic heterocycles. The molecule has 1 N–H and O–H groups in total. The van der Waals surface area contributed by atoms with Gasteiger partial charge in [0.25, 0.3) is 5.91 Å². The normalized spacial score (nSPS) is 13.9. The predicted octanol–water partition coefficient (Wildman–Crippen LogP) is 3.93. The van der Waals surface area contributed by atoms with Crippen LogP contribution >= 0.6 is 0 Å². The number of aromatic nitrogens is 1. The van der Waals surface area contributed by atoms with E-state index in [0.29, 0.717) is 49.5 Å². The molecule has 0 aliphatic carbocycles. The van der Waals surface area contributed by atoms with E-state index in [1.54, 1.807) is 32.5 Å². The molecule has 7 heteroatoms. The number of ether oxygens (including phenoxy) is 2. The van der Waals surface area contributed by atoms with Gasteiger partial charge in [0.2, 0.25) is 5.91 Å². The fourth-order valence-corrected chi connectivity index (χ4v) is 4.18. The number of carbonyl (C=O) groups excluding carboxylic acids is 2. The minimum absolute atomic E-state index is 0.000227. The second kappa shape index (κ2) is 10.8. The minimum Gasteiger partial charge on any atom is -0.497 e. The van der Waals surface area contributed by atoms with Crippen LogP contribution in [0.3, 0.4) is 0 Å². The largest absolute Gasteiger partial charge is 0.497 e. The zero-order valence-corrected chi connectivity index (χ0v) is 19.5. The number of rotatable bonds is 7. The van der Waals surface area contributed by atoms with E-state index in [-0.39, 0.29) is 17.7 Å². The Bertz CT molecular complexity index is 1140. The van der Waals surface area contributed by atoms with Gasteiger partial charge >= 0.3 is 0 Å². The highest BCUT2D eigenvalue weighted by Crippen LogP contribution is 2.25. The molecule has 1 fully saturated rings. The fraction of sp³-hybridized carbons (Fsp3) is 0.296. The summed E-state index contributed by atoms with van der Waals surface area (Å²) in [5.74, 6) is 1.23. The van der Waals surface area contributed by atoms with Gasteiger partial charge in [0.05, 0.1) is 19.9 Å². The molecule has 0 atom stereocenters. The highest BCUT2D eigenvalue weighted by Gasteiger charge is 2.28. The van der Waals surface area contributed by atoms with E-state index in [0.717, 1.165) is 16.8 Å². The molecule has 0 unspecified atom stereocenters. The Morgan fingerprint density at radius 1 is 1.00 bits per heavy atom. The molecule has 0 radical (unpaired) electrons. The van der Waals surface area contributed by atoms with Crippen molar-refractivity contribution in [3.05, 3.63) is 78.0 Å². The van der Waals surface area contributed by atoms with E-state index in [9.17, 15) is 9.59 Å². The predicted molar refractivity (Wildman–Crippen MR) is 130 cm³/mol. The first-order valence-corrected chi connectivity index (χ1v) is 11.4. The number of hydrogen-bond donors (Lipinski definition) is 1. The molecule has 2 aromatic carbocycles. The lowest BCUT2D eigenvalue weighted by atomic mass is 9.95. The van der Waals surface area contributed by atoms with Crippen LogP contribution in [-0.4, -0.2) is 49.0 Å². The summed E-state index contributed by atoms with van der Waals surface area (Å²) < 4.78 is 10.6. The second-order valence-electron chi connectivity index (χ2n) is 8.26. The van der Waals surface area contributed by atoms with Gasteiger partial charge in [0.1, 0.15) is 11.5 Å². The zero-order valence-electron chi connectivity index (χ0n) is 19.5. The van der Waals surface area contributed by atoms with Gasteiger partial charge in [-0.1, -0.05) is 30.3 Å². The zero-order chi connectivity index (χ0) is 23.9. The minimum atomic E-state index is -0.120. The number of nitrogens with one attached hydrogen (secondary N) is 1. The Balaban J connectivity index is 1.32. The Labute approximate surface area is 199 Å².